The Bertz CT molecular complexity index is 1330. The second-order valence-corrected chi connectivity index (χ2v) is 9.17. The van der Waals surface area contributed by atoms with Gasteiger partial charge in [-0.3, -0.25) is 4.79 Å². The van der Waals surface area contributed by atoms with Crippen LogP contribution in [0.5, 0.6) is 17.2 Å². The molecule has 6 nitrogen and oxygen atoms in total. The number of halogens is 2. The molecule has 5 rings (SSSR count). The zero-order valence-corrected chi connectivity index (χ0v) is 20.9. The minimum Gasteiger partial charge on any atom is -0.493 e. The Morgan fingerprint density at radius 1 is 0.917 bits per heavy atom. The quantitative estimate of drug-likeness (QED) is 0.411. The zero-order valence-electron chi connectivity index (χ0n) is 20.2. The highest BCUT2D eigenvalue weighted by Gasteiger charge is 2.38. The van der Waals surface area contributed by atoms with Crippen LogP contribution in [0.2, 0.25) is 5.02 Å². The average Bonchev–Trinajstić information content (AvgIpc) is 3.04. The summed E-state index contributed by atoms with van der Waals surface area (Å²) in [5, 5.41) is 7.09. The summed E-state index contributed by atoms with van der Waals surface area (Å²) in [5.74, 6) is 0.829. The fourth-order valence-electron chi connectivity index (χ4n) is 5.07. The smallest absolute Gasteiger partial charge is 0.203 e. The molecule has 186 valence electrons. The average molecular weight is 509 g/mol. The number of carbonyl (C=O) groups is 1. The number of hydrogen-bond donors (Lipinski definition) is 2. The van der Waals surface area contributed by atoms with Crippen LogP contribution in [0.15, 0.2) is 65.9 Å². The summed E-state index contributed by atoms with van der Waals surface area (Å²) in [4.78, 5) is 13.8. The second kappa shape index (κ2) is 9.74. The summed E-state index contributed by atoms with van der Waals surface area (Å²) >= 11 is 6.47. The number of methoxy groups -OCH3 is 3. The number of ketones is 1. The number of nitrogens with one attached hydrogen (secondary N) is 2. The SMILES string of the molecule is COc1cc([C@H]2CC(=O)C3=C(C2)Nc2ccccc2N[C@@H]3c2c(F)cccc2Cl)cc(OC)c1OC. The molecule has 2 atom stereocenters. The molecule has 2 aliphatic rings. The molecule has 8 heteroatoms. The fraction of sp³-hybridized carbons (Fsp3) is 0.250. The van der Waals surface area contributed by atoms with Gasteiger partial charge in [-0.1, -0.05) is 29.8 Å². The lowest BCUT2D eigenvalue weighted by molar-refractivity contribution is -0.116. The molecule has 1 heterocycles. The van der Waals surface area contributed by atoms with Crippen molar-refractivity contribution in [2.75, 3.05) is 32.0 Å². The van der Waals surface area contributed by atoms with Gasteiger partial charge >= 0.3 is 0 Å². The van der Waals surface area contributed by atoms with Crippen molar-refractivity contribution >= 4 is 28.8 Å². The highest BCUT2D eigenvalue weighted by atomic mass is 35.5. The Kier molecular flexibility index (Phi) is 6.49. The third kappa shape index (κ3) is 4.13. The van der Waals surface area contributed by atoms with Crippen LogP contribution in [0.1, 0.15) is 35.9 Å². The fourth-order valence-corrected chi connectivity index (χ4v) is 5.34. The molecular formula is C28H26ClFN2O4. The lowest BCUT2D eigenvalue weighted by atomic mass is 9.78. The van der Waals surface area contributed by atoms with Crippen LogP contribution in [-0.4, -0.2) is 27.1 Å². The Hall–Kier alpha value is -3.71. The first-order valence-electron chi connectivity index (χ1n) is 11.6. The third-order valence-corrected chi connectivity index (χ3v) is 7.09. The molecule has 0 radical (unpaired) electrons. The Labute approximate surface area is 214 Å². The summed E-state index contributed by atoms with van der Waals surface area (Å²) in [6.07, 6.45) is 0.762. The van der Waals surface area contributed by atoms with Crippen molar-refractivity contribution in [1.82, 2.24) is 0 Å². The molecule has 3 aromatic rings. The van der Waals surface area contributed by atoms with Gasteiger partial charge in [0.05, 0.1) is 38.7 Å². The van der Waals surface area contributed by atoms with Crippen molar-refractivity contribution in [3.63, 3.8) is 0 Å². The van der Waals surface area contributed by atoms with Crippen molar-refractivity contribution in [2.45, 2.75) is 24.8 Å². The number of carbonyl (C=O) groups excluding carboxylic acids is 1. The first kappa shape index (κ1) is 24.0. The van der Waals surface area contributed by atoms with E-state index in [1.807, 2.05) is 36.4 Å². The number of allylic oxidation sites excluding steroid dienone is 1. The van der Waals surface area contributed by atoms with E-state index in [1.165, 1.54) is 6.07 Å². The van der Waals surface area contributed by atoms with Gasteiger partial charge in [0.15, 0.2) is 17.3 Å². The van der Waals surface area contributed by atoms with Gasteiger partial charge < -0.3 is 24.8 Å². The van der Waals surface area contributed by atoms with E-state index in [4.69, 9.17) is 25.8 Å². The zero-order chi connectivity index (χ0) is 25.4. The largest absolute Gasteiger partial charge is 0.493 e. The van der Waals surface area contributed by atoms with Crippen molar-refractivity contribution < 1.29 is 23.4 Å². The number of fused-ring (bicyclic) bond motifs is 1. The molecule has 1 aliphatic heterocycles. The van der Waals surface area contributed by atoms with Crippen LogP contribution in [0.4, 0.5) is 15.8 Å². The predicted octanol–water partition coefficient (Wildman–Crippen LogP) is 6.48. The minimum absolute atomic E-state index is 0.0906. The van der Waals surface area contributed by atoms with Gasteiger partial charge in [-0.25, -0.2) is 4.39 Å². The van der Waals surface area contributed by atoms with E-state index in [2.05, 4.69) is 10.6 Å². The van der Waals surface area contributed by atoms with E-state index in [1.54, 1.807) is 33.5 Å². The molecule has 0 amide bonds. The predicted molar refractivity (Wildman–Crippen MR) is 138 cm³/mol. The molecule has 2 N–H and O–H groups in total. The molecule has 1 aliphatic carbocycles. The van der Waals surface area contributed by atoms with Crippen LogP contribution in [0.3, 0.4) is 0 Å². The highest BCUT2D eigenvalue weighted by molar-refractivity contribution is 6.31. The Balaban J connectivity index is 1.63. The molecule has 0 fully saturated rings. The summed E-state index contributed by atoms with van der Waals surface area (Å²) < 4.78 is 31.6. The van der Waals surface area contributed by atoms with Crippen LogP contribution < -0.4 is 24.8 Å². The van der Waals surface area contributed by atoms with Crippen LogP contribution in [0.25, 0.3) is 0 Å². The molecule has 0 saturated heterocycles. The van der Waals surface area contributed by atoms with Gasteiger partial charge in [-0.05, 0) is 54.3 Å². The van der Waals surface area contributed by atoms with Crippen molar-refractivity contribution in [1.29, 1.82) is 0 Å². The monoisotopic (exact) mass is 508 g/mol. The molecule has 0 bridgehead atoms. The van der Waals surface area contributed by atoms with Gasteiger partial charge in [0.25, 0.3) is 0 Å². The first-order chi connectivity index (χ1) is 17.4. The first-order valence-corrected chi connectivity index (χ1v) is 12.0. The molecule has 0 spiro atoms. The van der Waals surface area contributed by atoms with Gasteiger partial charge in [-0.15, -0.1) is 0 Å². The van der Waals surface area contributed by atoms with Gasteiger partial charge in [0.1, 0.15) is 5.82 Å². The lowest BCUT2D eigenvalue weighted by Gasteiger charge is -2.30. The molecular weight excluding hydrogens is 483 g/mol. The number of Topliss-reactive ketones (excluding diaryl/α,β-unsaturated/α-hetero) is 1. The third-order valence-electron chi connectivity index (χ3n) is 6.76. The molecule has 0 saturated carbocycles. The van der Waals surface area contributed by atoms with Crippen molar-refractivity contribution in [2.24, 2.45) is 0 Å². The van der Waals surface area contributed by atoms with Crippen LogP contribution in [0, 0.1) is 5.82 Å². The summed E-state index contributed by atoms with van der Waals surface area (Å²) in [7, 11) is 4.67. The van der Waals surface area contributed by atoms with Crippen LogP contribution in [-0.2, 0) is 4.79 Å². The summed E-state index contributed by atoms with van der Waals surface area (Å²) in [6, 6.07) is 15.2. The van der Waals surface area contributed by atoms with Gasteiger partial charge in [0.2, 0.25) is 5.75 Å². The Morgan fingerprint density at radius 2 is 1.61 bits per heavy atom. The van der Waals surface area contributed by atoms with Crippen molar-refractivity contribution in [3.8, 4) is 17.2 Å². The molecule has 0 aromatic heterocycles. The van der Waals surface area contributed by atoms with E-state index in [0.717, 1.165) is 22.6 Å². The van der Waals surface area contributed by atoms with Gasteiger partial charge in [-0.2, -0.15) is 0 Å². The maximum atomic E-state index is 15.1. The summed E-state index contributed by atoms with van der Waals surface area (Å²) in [5.41, 5.74) is 3.92. The van der Waals surface area contributed by atoms with Gasteiger partial charge in [0, 0.05) is 28.3 Å². The van der Waals surface area contributed by atoms with Crippen molar-refractivity contribution in [3.05, 3.63) is 87.8 Å². The van der Waals surface area contributed by atoms with E-state index in [-0.39, 0.29) is 28.7 Å². The normalized spacial score (nSPS) is 18.9. The molecule has 0 unspecified atom stereocenters. The lowest BCUT2D eigenvalue weighted by Crippen LogP contribution is -2.27. The standard InChI is InChI=1S/C28H26ClFN2O4/c1-34-23-13-16(14-24(35-2)28(23)36-3)15-11-21-26(22(33)12-15)27(25-17(29)7-6-8-18(25)30)32-20-10-5-4-9-19(20)31-21/h4-10,13-15,27,31-32H,11-12H2,1-3H3/t15-,27-/m1/s1. The van der Waals surface area contributed by atoms with E-state index in [9.17, 15) is 4.79 Å². The maximum absolute atomic E-state index is 15.1. The minimum atomic E-state index is -0.738. The molecule has 3 aromatic carbocycles. The van der Waals surface area contributed by atoms with E-state index >= 15 is 4.39 Å². The number of rotatable bonds is 5. The molecule has 36 heavy (non-hydrogen) atoms. The van der Waals surface area contributed by atoms with E-state index in [0.29, 0.717) is 29.2 Å². The number of anilines is 2. The topological polar surface area (TPSA) is 68.8 Å². The number of hydrogen-bond acceptors (Lipinski definition) is 6. The number of ether oxygens (including phenoxy) is 3. The number of para-hydroxylation sites is 2. The Morgan fingerprint density at radius 3 is 2.25 bits per heavy atom. The van der Waals surface area contributed by atoms with E-state index < -0.39 is 11.9 Å². The van der Waals surface area contributed by atoms with Crippen LogP contribution >= 0.6 is 11.6 Å². The second-order valence-electron chi connectivity index (χ2n) is 8.76. The highest BCUT2D eigenvalue weighted by Crippen LogP contribution is 2.48. The maximum Gasteiger partial charge on any atom is 0.203 e. The summed E-state index contributed by atoms with van der Waals surface area (Å²) in [6.45, 7) is 0. The number of benzene rings is 3.